The Kier molecular flexibility index (Phi) is 17.8. The molecule has 4 aromatic carbocycles. The molecule has 1 amide bonds. The quantitative estimate of drug-likeness (QED) is 0.0342. The molecule has 438 valence electrons. The highest BCUT2D eigenvalue weighted by molar-refractivity contribution is 5.90. The SMILES string of the molecule is C=CC(=O)N1CCN(c2ccc3ncnc(Nc4cc(F)c(Oc5ccc(NC)c(N=N)c5)c(C)c4F)c3n2)CC1(C)C.C=CC=O.Cc1c(F)c(Nc2ncnc3ccc(N4CCN(C)CC4)nc23)cc(F)c1Oc1ccc2c(c1)nnn2C. The Morgan fingerprint density at radius 3 is 1.74 bits per heavy atom. The van der Waals surface area contributed by atoms with E-state index in [0.29, 0.717) is 70.8 Å². The molecule has 2 saturated heterocycles. The molecule has 9 aromatic rings. The van der Waals surface area contributed by atoms with Crippen molar-refractivity contribution in [2.24, 2.45) is 12.2 Å². The number of ether oxygens (including phenoxy) is 2. The fourth-order valence-electron chi connectivity index (χ4n) is 9.66. The molecule has 0 atom stereocenters. The molecule has 2 aliphatic rings. The van der Waals surface area contributed by atoms with Crippen LogP contribution >= 0.6 is 0 Å². The van der Waals surface area contributed by atoms with E-state index in [-0.39, 0.29) is 63.0 Å². The van der Waals surface area contributed by atoms with Crippen molar-refractivity contribution < 1.29 is 36.6 Å². The highest BCUT2D eigenvalue weighted by Crippen LogP contribution is 2.40. The Bertz CT molecular complexity index is 4020. The summed E-state index contributed by atoms with van der Waals surface area (Å²) in [6.45, 7) is 18.6. The first-order valence-corrected chi connectivity index (χ1v) is 26.6. The average molecular weight is 1160 g/mol. The summed E-state index contributed by atoms with van der Waals surface area (Å²) in [7, 11) is 5.54. The minimum absolute atomic E-state index is 0.0104. The Labute approximate surface area is 485 Å². The smallest absolute Gasteiger partial charge is 0.246 e. The number of piperazine rings is 2. The number of aromatic nitrogens is 9. The lowest BCUT2D eigenvalue weighted by atomic mass is 9.98. The van der Waals surface area contributed by atoms with Gasteiger partial charge in [-0.2, -0.15) is 5.11 Å². The second kappa shape index (κ2) is 25.5. The normalized spacial score (nSPS) is 13.9. The van der Waals surface area contributed by atoms with Gasteiger partial charge in [-0.25, -0.2) is 57.7 Å². The number of pyridine rings is 2. The van der Waals surface area contributed by atoms with Crippen LogP contribution in [0.15, 0.2) is 116 Å². The van der Waals surface area contributed by atoms with Crippen molar-refractivity contribution in [2.45, 2.75) is 33.2 Å². The first-order valence-electron chi connectivity index (χ1n) is 26.6. The van der Waals surface area contributed by atoms with E-state index in [1.165, 1.54) is 44.7 Å². The van der Waals surface area contributed by atoms with Crippen molar-refractivity contribution in [2.75, 3.05) is 85.7 Å². The monoisotopic (exact) mass is 1160 g/mol. The lowest BCUT2D eigenvalue weighted by Crippen LogP contribution is -2.61. The van der Waals surface area contributed by atoms with E-state index in [1.807, 2.05) is 32.0 Å². The maximum absolute atomic E-state index is 15.6. The third-order valence-corrected chi connectivity index (χ3v) is 14.2. The van der Waals surface area contributed by atoms with Gasteiger partial charge in [0.25, 0.3) is 0 Å². The van der Waals surface area contributed by atoms with Gasteiger partial charge in [0.05, 0.1) is 39.2 Å². The third-order valence-electron chi connectivity index (χ3n) is 14.2. The van der Waals surface area contributed by atoms with Gasteiger partial charge in [-0.1, -0.05) is 18.4 Å². The number of nitrogens with zero attached hydrogens (tertiary/aromatic N) is 14. The number of fused-ring (bicyclic) bond motifs is 3. The van der Waals surface area contributed by atoms with Gasteiger partial charge in [0.15, 0.2) is 46.4 Å². The van der Waals surface area contributed by atoms with Gasteiger partial charge in [-0.15, -0.1) is 5.10 Å². The minimum Gasteiger partial charge on any atom is -0.454 e. The topological polar surface area (TPSA) is 246 Å². The number of hydrogen-bond acceptors (Lipinski definition) is 20. The summed E-state index contributed by atoms with van der Waals surface area (Å²) in [5, 5.41) is 20.1. The van der Waals surface area contributed by atoms with Crippen molar-refractivity contribution >= 4 is 91.3 Å². The van der Waals surface area contributed by atoms with Crippen LogP contribution in [0.2, 0.25) is 0 Å². The largest absolute Gasteiger partial charge is 0.454 e. The van der Waals surface area contributed by atoms with Crippen molar-refractivity contribution in [1.82, 2.24) is 54.7 Å². The zero-order valence-electron chi connectivity index (χ0n) is 47.6. The van der Waals surface area contributed by atoms with Crippen LogP contribution in [0, 0.1) is 42.6 Å². The number of nitrogens with one attached hydrogen (secondary N) is 4. The van der Waals surface area contributed by atoms with Crippen molar-refractivity contribution in [3.05, 3.63) is 145 Å². The second-order valence-corrected chi connectivity index (χ2v) is 20.3. The van der Waals surface area contributed by atoms with Gasteiger partial charge in [0, 0.05) is 95.3 Å². The first-order chi connectivity index (χ1) is 40.8. The molecule has 85 heavy (non-hydrogen) atoms. The van der Waals surface area contributed by atoms with Crippen molar-refractivity contribution in [3.63, 3.8) is 0 Å². The number of rotatable bonds is 14. The van der Waals surface area contributed by atoms with Crippen molar-refractivity contribution in [1.29, 1.82) is 5.53 Å². The van der Waals surface area contributed by atoms with Crippen LogP contribution in [0.3, 0.4) is 0 Å². The molecule has 26 heteroatoms. The summed E-state index contributed by atoms with van der Waals surface area (Å²) < 4.78 is 74.7. The molecule has 0 radical (unpaired) electrons. The fourth-order valence-corrected chi connectivity index (χ4v) is 9.66. The summed E-state index contributed by atoms with van der Waals surface area (Å²) >= 11 is 0. The predicted octanol–water partition coefficient (Wildman–Crippen LogP) is 11.0. The molecule has 22 nitrogen and oxygen atoms in total. The van der Waals surface area contributed by atoms with E-state index in [2.05, 4.69) is 86.2 Å². The predicted molar refractivity (Wildman–Crippen MR) is 317 cm³/mol. The molecule has 0 spiro atoms. The van der Waals surface area contributed by atoms with Crippen LogP contribution in [-0.2, 0) is 16.6 Å². The molecule has 0 bridgehead atoms. The van der Waals surface area contributed by atoms with E-state index < -0.39 is 28.8 Å². The number of carbonyl (C=O) groups is 2. The number of allylic oxidation sites excluding steroid dienone is 1. The lowest BCUT2D eigenvalue weighted by molar-refractivity contribution is -0.131. The maximum atomic E-state index is 15.6. The standard InChI is InChI=1S/C30H31F2N9O2.C26H25F2N9O.C3H4O/c1-6-25(42)41-12-11-40(15-30(41,3)4)24-10-9-21-27(38-24)29(36-16-35-21)37-23-14-19(31)28(17(2)26(23)32)43-18-7-8-20(34-5)22(13-18)39-33;1-15-23(28)20(13-17(27)25(15)38-16-4-6-21-19(12-16)33-34-36(21)3)31-26-24-18(29-14-30-26)5-7-22(32-24)37-10-8-35(2)9-11-37;1-2-3-4/h6-10,13-14,16,33-34H,1,11-12,15H2,2-5H3,(H,35,36,37);4-7,12-14H,8-11H2,1-3H3,(H,29,30,31);2-3H,1H2. The van der Waals surface area contributed by atoms with E-state index in [0.717, 1.165) is 49.6 Å². The van der Waals surface area contributed by atoms with E-state index >= 15 is 17.6 Å². The molecule has 4 N–H and O–H groups in total. The molecular weight excluding hydrogens is 1100 g/mol. The molecule has 0 unspecified atom stereocenters. The number of anilines is 7. The third kappa shape index (κ3) is 12.9. The van der Waals surface area contributed by atoms with Crippen LogP contribution in [-0.4, -0.2) is 132 Å². The van der Waals surface area contributed by atoms with Crippen LogP contribution < -0.4 is 35.2 Å². The molecule has 7 heterocycles. The summed E-state index contributed by atoms with van der Waals surface area (Å²) in [5.41, 5.74) is 10.8. The van der Waals surface area contributed by atoms with Gasteiger partial charge in [-0.05, 0) is 95.4 Å². The lowest BCUT2D eigenvalue weighted by Gasteiger charge is -2.47. The number of aryl methyl sites for hydroxylation is 1. The molecular formula is C59H60F4N18O4. The Balaban J connectivity index is 0.000000193. The molecule has 0 saturated carbocycles. The first kappa shape index (κ1) is 59.4. The van der Waals surface area contributed by atoms with Crippen LogP contribution in [0.25, 0.3) is 33.1 Å². The molecule has 11 rings (SSSR count). The highest BCUT2D eigenvalue weighted by atomic mass is 19.1. The summed E-state index contributed by atoms with van der Waals surface area (Å²) in [6.07, 6.45) is 5.83. The summed E-state index contributed by atoms with van der Waals surface area (Å²) in [5.74, 6) is -1.13. The molecule has 2 fully saturated rings. The van der Waals surface area contributed by atoms with Gasteiger partial charge in [0.1, 0.15) is 64.3 Å². The Morgan fingerprint density at radius 2 is 1.22 bits per heavy atom. The summed E-state index contributed by atoms with van der Waals surface area (Å²) in [6, 6.07) is 19.1. The zero-order chi connectivity index (χ0) is 60.7. The minimum atomic E-state index is -0.801. The van der Waals surface area contributed by atoms with Crippen LogP contribution in [0.1, 0.15) is 25.0 Å². The average Bonchev–Trinajstić information content (AvgIpc) is 2.90. The number of aldehydes is 1. The molecule has 0 aliphatic carbocycles. The number of hydrogen-bond donors (Lipinski definition) is 4. The summed E-state index contributed by atoms with van der Waals surface area (Å²) in [4.78, 5) is 56.3. The van der Waals surface area contributed by atoms with E-state index in [9.17, 15) is 4.79 Å². The molecule has 5 aromatic heterocycles. The van der Waals surface area contributed by atoms with Gasteiger partial charge < -0.3 is 45.0 Å². The number of likely N-dealkylation sites (N-methyl/N-ethyl adjacent to an activating group) is 1. The number of halogens is 4. The van der Waals surface area contributed by atoms with Crippen LogP contribution in [0.5, 0.6) is 23.0 Å². The molecule has 2 aliphatic heterocycles. The van der Waals surface area contributed by atoms with E-state index in [4.69, 9.17) is 29.8 Å². The Morgan fingerprint density at radius 1 is 0.694 bits per heavy atom. The van der Waals surface area contributed by atoms with Gasteiger partial charge in [-0.3, -0.25) is 9.59 Å². The Hall–Kier alpha value is -10.2. The van der Waals surface area contributed by atoms with Crippen LogP contribution in [0.4, 0.5) is 63.6 Å². The highest BCUT2D eigenvalue weighted by Gasteiger charge is 2.36. The number of carbonyl (C=O) groups excluding carboxylic acids is 2. The number of amides is 1. The van der Waals surface area contributed by atoms with Crippen molar-refractivity contribution in [3.8, 4) is 23.0 Å². The second-order valence-electron chi connectivity index (χ2n) is 20.3. The van der Waals surface area contributed by atoms with Gasteiger partial charge >= 0.3 is 0 Å². The maximum Gasteiger partial charge on any atom is 0.246 e. The fraction of sp³-hybridized carbons (Fsp3) is 0.254. The van der Waals surface area contributed by atoms with E-state index in [1.54, 1.807) is 60.1 Å². The number of benzene rings is 4. The zero-order valence-corrected chi connectivity index (χ0v) is 47.6. The van der Waals surface area contributed by atoms with Gasteiger partial charge in [0.2, 0.25) is 5.91 Å².